The number of hydrogen-bond donors (Lipinski definition) is 0. The molecule has 3 nitrogen and oxygen atoms in total. The second-order valence-corrected chi connectivity index (χ2v) is 5.81. The third kappa shape index (κ3) is 3.90. The fourth-order valence-electron chi connectivity index (χ4n) is 2.85. The fourth-order valence-corrected chi connectivity index (χ4v) is 2.85. The predicted octanol–water partition coefficient (Wildman–Crippen LogP) is 2.78. The molecule has 0 N–H and O–H groups in total. The maximum absolute atomic E-state index is 12.0. The van der Waals surface area contributed by atoms with E-state index in [1.165, 1.54) is 5.56 Å². The molecule has 1 aliphatic rings. The highest BCUT2D eigenvalue weighted by Crippen LogP contribution is 2.22. The minimum Gasteiger partial charge on any atom is -0.381 e. The van der Waals surface area contributed by atoms with Crippen LogP contribution in [0.3, 0.4) is 0 Å². The Hall–Kier alpha value is -1.19. The topological polar surface area (TPSA) is 29.5 Å². The van der Waals surface area contributed by atoms with Gasteiger partial charge in [0.15, 0.2) is 0 Å². The number of aryl methyl sites for hydroxylation is 1. The molecule has 2 rings (SSSR count). The highest BCUT2D eigenvalue weighted by molar-refractivity contribution is 5.83. The Kier molecular flexibility index (Phi) is 5.32. The molecule has 110 valence electrons. The number of carbonyl (C=O) groups is 1. The Balaban J connectivity index is 2.00. The molecule has 0 saturated carbocycles. The summed E-state index contributed by atoms with van der Waals surface area (Å²) in [6.07, 6.45) is 2.52. The molecule has 0 aliphatic carbocycles. The molecular weight excluding hydrogens is 250 g/mol. The van der Waals surface area contributed by atoms with Gasteiger partial charge in [0.2, 0.25) is 0 Å². The summed E-state index contributed by atoms with van der Waals surface area (Å²) < 4.78 is 5.40. The van der Waals surface area contributed by atoms with E-state index in [0.717, 1.165) is 38.0 Å². The molecule has 1 aromatic rings. The van der Waals surface area contributed by atoms with Crippen LogP contribution in [0.2, 0.25) is 0 Å². The van der Waals surface area contributed by atoms with Gasteiger partial charge in [-0.15, -0.1) is 0 Å². The fraction of sp³-hybridized carbons (Fsp3) is 0.588. The van der Waals surface area contributed by atoms with Gasteiger partial charge in [0.05, 0.1) is 12.0 Å². The normalized spacial score (nSPS) is 18.9. The van der Waals surface area contributed by atoms with Crippen LogP contribution in [-0.4, -0.2) is 43.5 Å². The molecule has 0 amide bonds. The summed E-state index contributed by atoms with van der Waals surface area (Å²) in [5.41, 5.74) is 2.37. The lowest BCUT2D eigenvalue weighted by Crippen LogP contribution is -2.40. The molecule has 0 unspecified atom stereocenters. The minimum absolute atomic E-state index is 0.00491. The molecule has 0 aromatic heterocycles. The first-order chi connectivity index (χ1) is 9.60. The van der Waals surface area contributed by atoms with E-state index in [1.807, 2.05) is 0 Å². The molecule has 3 heteroatoms. The van der Waals surface area contributed by atoms with Crippen LogP contribution in [0.5, 0.6) is 0 Å². The van der Waals surface area contributed by atoms with Crippen LogP contribution in [-0.2, 0) is 9.53 Å². The van der Waals surface area contributed by atoms with Crippen molar-refractivity contribution in [3.8, 4) is 0 Å². The van der Waals surface area contributed by atoms with Gasteiger partial charge >= 0.3 is 0 Å². The van der Waals surface area contributed by atoms with Crippen molar-refractivity contribution in [1.29, 1.82) is 0 Å². The molecule has 1 fully saturated rings. The standard InChI is InChI=1S/C17H25NO2/c1-13-4-6-15(7-5-13)17(14(2)19)12-18-10-8-16(20-3)9-11-18/h4-7,16-17H,8-12H2,1-3H3/t17-/m0/s1. The maximum atomic E-state index is 12.0. The predicted molar refractivity (Wildman–Crippen MR) is 81.1 cm³/mol. The molecular formula is C17H25NO2. The highest BCUT2D eigenvalue weighted by atomic mass is 16.5. The summed E-state index contributed by atoms with van der Waals surface area (Å²) in [6, 6.07) is 8.34. The Morgan fingerprint density at radius 2 is 1.90 bits per heavy atom. The summed E-state index contributed by atoms with van der Waals surface area (Å²) in [4.78, 5) is 14.4. The first-order valence-electron chi connectivity index (χ1n) is 7.42. The van der Waals surface area contributed by atoms with E-state index >= 15 is 0 Å². The summed E-state index contributed by atoms with van der Waals surface area (Å²) in [5.74, 6) is 0.248. The summed E-state index contributed by atoms with van der Waals surface area (Å²) >= 11 is 0. The van der Waals surface area contributed by atoms with Gasteiger partial charge < -0.3 is 9.64 Å². The molecule has 0 radical (unpaired) electrons. The number of methoxy groups -OCH3 is 1. The zero-order valence-electron chi connectivity index (χ0n) is 12.8. The van der Waals surface area contributed by atoms with Crippen molar-refractivity contribution in [2.45, 2.75) is 38.7 Å². The first-order valence-corrected chi connectivity index (χ1v) is 7.42. The van der Waals surface area contributed by atoms with Crippen LogP contribution in [0.15, 0.2) is 24.3 Å². The number of likely N-dealkylation sites (tertiary alicyclic amines) is 1. The lowest BCUT2D eigenvalue weighted by molar-refractivity contribution is -0.119. The van der Waals surface area contributed by atoms with Crippen LogP contribution in [0.25, 0.3) is 0 Å². The largest absolute Gasteiger partial charge is 0.381 e. The van der Waals surface area contributed by atoms with Gasteiger partial charge in [-0.3, -0.25) is 4.79 Å². The van der Waals surface area contributed by atoms with Crippen molar-refractivity contribution in [3.05, 3.63) is 35.4 Å². The monoisotopic (exact) mass is 275 g/mol. The Morgan fingerprint density at radius 3 is 2.40 bits per heavy atom. The van der Waals surface area contributed by atoms with E-state index in [2.05, 4.69) is 36.1 Å². The van der Waals surface area contributed by atoms with Crippen LogP contribution in [0, 0.1) is 6.92 Å². The zero-order chi connectivity index (χ0) is 14.5. The van der Waals surface area contributed by atoms with E-state index in [1.54, 1.807) is 14.0 Å². The second kappa shape index (κ2) is 7.00. The quantitative estimate of drug-likeness (QED) is 0.827. The average molecular weight is 275 g/mol. The molecule has 1 saturated heterocycles. The van der Waals surface area contributed by atoms with Crippen molar-refractivity contribution in [2.24, 2.45) is 0 Å². The lowest BCUT2D eigenvalue weighted by atomic mass is 9.93. The molecule has 0 spiro atoms. The number of nitrogens with zero attached hydrogens (tertiary/aromatic N) is 1. The average Bonchev–Trinajstić information content (AvgIpc) is 2.46. The number of benzene rings is 1. The van der Waals surface area contributed by atoms with Gasteiger partial charge in [-0.25, -0.2) is 0 Å². The van der Waals surface area contributed by atoms with E-state index in [0.29, 0.717) is 6.10 Å². The number of hydrogen-bond acceptors (Lipinski definition) is 3. The van der Waals surface area contributed by atoms with Gasteiger partial charge in [0.1, 0.15) is 5.78 Å². The number of ketones is 1. The lowest BCUT2D eigenvalue weighted by Gasteiger charge is -2.33. The number of piperidine rings is 1. The van der Waals surface area contributed by atoms with Crippen LogP contribution in [0.1, 0.15) is 36.8 Å². The van der Waals surface area contributed by atoms with Gasteiger partial charge in [-0.2, -0.15) is 0 Å². The molecule has 1 heterocycles. The minimum atomic E-state index is -0.00491. The summed E-state index contributed by atoms with van der Waals surface area (Å²) in [6.45, 7) is 6.64. The van der Waals surface area contributed by atoms with Crippen molar-refractivity contribution in [1.82, 2.24) is 4.90 Å². The summed E-state index contributed by atoms with van der Waals surface area (Å²) in [7, 11) is 1.78. The molecule has 0 bridgehead atoms. The third-order valence-electron chi connectivity index (χ3n) is 4.28. The number of rotatable bonds is 5. The molecule has 1 aromatic carbocycles. The van der Waals surface area contributed by atoms with Crippen LogP contribution < -0.4 is 0 Å². The van der Waals surface area contributed by atoms with Crippen LogP contribution in [0.4, 0.5) is 0 Å². The van der Waals surface area contributed by atoms with E-state index < -0.39 is 0 Å². The molecule has 20 heavy (non-hydrogen) atoms. The molecule has 1 aliphatic heterocycles. The van der Waals surface area contributed by atoms with Crippen molar-refractivity contribution < 1.29 is 9.53 Å². The Bertz CT molecular complexity index is 433. The number of ether oxygens (including phenoxy) is 1. The third-order valence-corrected chi connectivity index (χ3v) is 4.28. The maximum Gasteiger partial charge on any atom is 0.138 e. The van der Waals surface area contributed by atoms with E-state index in [-0.39, 0.29) is 11.7 Å². The van der Waals surface area contributed by atoms with Gasteiger partial charge in [-0.1, -0.05) is 29.8 Å². The van der Waals surface area contributed by atoms with Gasteiger partial charge in [0, 0.05) is 26.7 Å². The summed E-state index contributed by atoms with van der Waals surface area (Å²) in [5, 5.41) is 0. The Morgan fingerprint density at radius 1 is 1.30 bits per heavy atom. The number of carbonyl (C=O) groups excluding carboxylic acids is 1. The Labute approximate surface area is 121 Å². The van der Waals surface area contributed by atoms with Crippen molar-refractivity contribution in [2.75, 3.05) is 26.7 Å². The number of Topliss-reactive ketones (excluding diaryl/α,β-unsaturated/α-hetero) is 1. The van der Waals surface area contributed by atoms with Crippen molar-refractivity contribution in [3.63, 3.8) is 0 Å². The van der Waals surface area contributed by atoms with Gasteiger partial charge in [0.25, 0.3) is 0 Å². The van der Waals surface area contributed by atoms with E-state index in [4.69, 9.17) is 4.74 Å². The van der Waals surface area contributed by atoms with E-state index in [9.17, 15) is 4.79 Å². The zero-order valence-corrected chi connectivity index (χ0v) is 12.8. The highest BCUT2D eigenvalue weighted by Gasteiger charge is 2.24. The molecule has 1 atom stereocenters. The first kappa shape index (κ1) is 15.2. The smallest absolute Gasteiger partial charge is 0.138 e. The van der Waals surface area contributed by atoms with Crippen molar-refractivity contribution >= 4 is 5.78 Å². The van der Waals surface area contributed by atoms with Crippen LogP contribution >= 0.6 is 0 Å². The second-order valence-electron chi connectivity index (χ2n) is 5.81. The van der Waals surface area contributed by atoms with Gasteiger partial charge in [-0.05, 0) is 32.3 Å². The SMILES string of the molecule is COC1CCN(C[C@@H](C(C)=O)c2ccc(C)cc2)CC1.